The topological polar surface area (TPSA) is 91.0 Å². The van der Waals surface area contributed by atoms with E-state index in [-0.39, 0.29) is 17.4 Å². The van der Waals surface area contributed by atoms with E-state index in [1.54, 1.807) is 0 Å². The number of nitrogens with zero attached hydrogens (tertiary/aromatic N) is 2. The standard InChI is InChI=1S/C18H27ClF2N6OS2/c19-14-10-17(30(28)13-26-18-25-12-27-29-18)15(21)11-16(14)24-8-2-1-5-22-6-3-7-23-9-4-20/h10-12,22-24H,1-9,13H2,(H,25,26,27). The zero-order valence-electron chi connectivity index (χ0n) is 16.6. The van der Waals surface area contributed by atoms with E-state index < -0.39 is 16.6 Å². The second-order valence-corrected chi connectivity index (χ2v) is 8.96. The molecule has 1 unspecified atom stereocenters. The molecule has 0 aliphatic carbocycles. The molecule has 0 bridgehead atoms. The Morgan fingerprint density at radius 2 is 1.77 bits per heavy atom. The van der Waals surface area contributed by atoms with Gasteiger partial charge in [0.25, 0.3) is 0 Å². The first kappa shape index (κ1) is 24.9. The van der Waals surface area contributed by atoms with E-state index in [0.29, 0.717) is 28.9 Å². The highest BCUT2D eigenvalue weighted by molar-refractivity contribution is 7.85. The number of hydrogen-bond donors (Lipinski definition) is 4. The molecule has 0 aliphatic rings. The van der Waals surface area contributed by atoms with Crippen molar-refractivity contribution in [1.82, 2.24) is 20.0 Å². The van der Waals surface area contributed by atoms with Gasteiger partial charge >= 0.3 is 0 Å². The molecule has 0 aliphatic heterocycles. The van der Waals surface area contributed by atoms with Gasteiger partial charge in [0, 0.05) is 24.6 Å². The Labute approximate surface area is 187 Å². The minimum absolute atomic E-state index is 0.0220. The van der Waals surface area contributed by atoms with E-state index in [9.17, 15) is 13.0 Å². The van der Waals surface area contributed by atoms with Crippen LogP contribution in [-0.4, -0.2) is 58.8 Å². The zero-order valence-corrected chi connectivity index (χ0v) is 18.9. The number of rotatable bonds is 16. The summed E-state index contributed by atoms with van der Waals surface area (Å²) in [7, 11) is -1.60. The summed E-state index contributed by atoms with van der Waals surface area (Å²) in [4.78, 5) is 3.98. The predicted molar refractivity (Wildman–Crippen MR) is 120 cm³/mol. The summed E-state index contributed by atoms with van der Waals surface area (Å²) in [5.41, 5.74) is 0.485. The third-order valence-corrected chi connectivity index (χ3v) is 6.20. The van der Waals surface area contributed by atoms with Crippen molar-refractivity contribution in [2.24, 2.45) is 0 Å². The second kappa shape index (κ2) is 14.6. The normalized spacial score (nSPS) is 12.1. The van der Waals surface area contributed by atoms with Gasteiger partial charge in [-0.2, -0.15) is 4.37 Å². The van der Waals surface area contributed by atoms with Crippen molar-refractivity contribution in [3.8, 4) is 0 Å². The average Bonchev–Trinajstić information content (AvgIpc) is 3.26. The van der Waals surface area contributed by atoms with Gasteiger partial charge in [0.15, 0.2) is 0 Å². The minimum atomic E-state index is -1.60. The Bertz CT molecular complexity index is 769. The largest absolute Gasteiger partial charge is 0.384 e. The fraction of sp³-hybridized carbons (Fsp3) is 0.556. The molecule has 1 aromatic heterocycles. The molecule has 7 nitrogen and oxygen atoms in total. The Hall–Kier alpha value is -1.40. The van der Waals surface area contributed by atoms with Gasteiger partial charge in [0.1, 0.15) is 18.8 Å². The van der Waals surface area contributed by atoms with Gasteiger partial charge in [-0.15, -0.1) is 0 Å². The molecular weight excluding hydrogens is 454 g/mol. The lowest BCUT2D eigenvalue weighted by Gasteiger charge is -2.12. The number of unbranched alkanes of at least 4 members (excludes halogenated alkanes) is 1. The number of alkyl halides is 1. The number of aromatic nitrogens is 2. The van der Waals surface area contributed by atoms with Crippen LogP contribution in [0.1, 0.15) is 19.3 Å². The van der Waals surface area contributed by atoms with Crippen LogP contribution >= 0.6 is 23.1 Å². The van der Waals surface area contributed by atoms with Crippen LogP contribution in [0.25, 0.3) is 0 Å². The van der Waals surface area contributed by atoms with Crippen molar-refractivity contribution in [3.05, 3.63) is 29.3 Å². The first-order valence-electron chi connectivity index (χ1n) is 9.71. The van der Waals surface area contributed by atoms with Gasteiger partial charge in [0.05, 0.1) is 32.3 Å². The highest BCUT2D eigenvalue weighted by atomic mass is 35.5. The number of benzene rings is 1. The van der Waals surface area contributed by atoms with Crippen LogP contribution in [0.2, 0.25) is 5.02 Å². The van der Waals surface area contributed by atoms with Gasteiger partial charge in [-0.05, 0) is 51.0 Å². The Morgan fingerprint density at radius 1 is 1.03 bits per heavy atom. The average molecular weight is 481 g/mol. The first-order valence-corrected chi connectivity index (χ1v) is 12.2. The third-order valence-electron chi connectivity index (χ3n) is 4.06. The van der Waals surface area contributed by atoms with Crippen LogP contribution in [0.15, 0.2) is 23.4 Å². The van der Waals surface area contributed by atoms with E-state index >= 15 is 0 Å². The van der Waals surface area contributed by atoms with Crippen molar-refractivity contribution in [2.75, 3.05) is 55.9 Å². The van der Waals surface area contributed by atoms with Gasteiger partial charge < -0.3 is 21.3 Å². The van der Waals surface area contributed by atoms with Crippen molar-refractivity contribution in [3.63, 3.8) is 0 Å². The summed E-state index contributed by atoms with van der Waals surface area (Å²) >= 11 is 7.37. The summed E-state index contributed by atoms with van der Waals surface area (Å²) in [5, 5.41) is 13.2. The maximum absolute atomic E-state index is 14.4. The molecule has 0 fully saturated rings. The van der Waals surface area contributed by atoms with E-state index in [0.717, 1.165) is 50.4 Å². The van der Waals surface area contributed by atoms with Crippen LogP contribution in [0.4, 0.5) is 19.6 Å². The Balaban J connectivity index is 1.65. The molecule has 2 aromatic rings. The van der Waals surface area contributed by atoms with E-state index in [1.807, 2.05) is 0 Å². The number of anilines is 2. The molecule has 0 radical (unpaired) electrons. The summed E-state index contributed by atoms with van der Waals surface area (Å²) in [6, 6.07) is 2.68. The molecule has 168 valence electrons. The van der Waals surface area contributed by atoms with Crippen LogP contribution in [0, 0.1) is 5.82 Å². The molecule has 2 rings (SSSR count). The molecule has 1 aromatic carbocycles. The number of hydrogen-bond acceptors (Lipinski definition) is 8. The highest BCUT2D eigenvalue weighted by Crippen LogP contribution is 2.27. The fourth-order valence-corrected chi connectivity index (χ4v) is 4.31. The molecule has 0 saturated heterocycles. The molecular formula is C18H27ClF2N6OS2. The van der Waals surface area contributed by atoms with Gasteiger partial charge in [-0.3, -0.25) is 4.21 Å². The van der Waals surface area contributed by atoms with E-state index in [2.05, 4.69) is 30.6 Å². The lowest BCUT2D eigenvalue weighted by atomic mass is 10.2. The summed E-state index contributed by atoms with van der Waals surface area (Å²) in [6.45, 7) is 3.30. The monoisotopic (exact) mass is 480 g/mol. The van der Waals surface area contributed by atoms with Gasteiger partial charge in [-0.1, -0.05) is 11.6 Å². The summed E-state index contributed by atoms with van der Waals surface area (Å²) < 4.78 is 42.5. The van der Waals surface area contributed by atoms with Crippen LogP contribution in [0.5, 0.6) is 0 Å². The summed E-state index contributed by atoms with van der Waals surface area (Å²) in [5.74, 6) is -0.545. The zero-order chi connectivity index (χ0) is 21.6. The van der Waals surface area contributed by atoms with Crippen LogP contribution < -0.4 is 21.3 Å². The first-order chi connectivity index (χ1) is 14.6. The maximum Gasteiger partial charge on any atom is 0.203 e. The lowest BCUT2D eigenvalue weighted by Crippen LogP contribution is -2.24. The molecule has 0 spiro atoms. The summed E-state index contributed by atoms with van der Waals surface area (Å²) in [6.07, 6.45) is 4.20. The molecule has 0 saturated carbocycles. The second-order valence-electron chi connectivity index (χ2n) is 6.35. The fourth-order valence-electron chi connectivity index (χ4n) is 2.55. The molecule has 12 heteroatoms. The smallest absolute Gasteiger partial charge is 0.203 e. The maximum atomic E-state index is 14.4. The van der Waals surface area contributed by atoms with Crippen molar-refractivity contribution in [2.45, 2.75) is 24.2 Å². The predicted octanol–water partition coefficient (Wildman–Crippen LogP) is 3.24. The van der Waals surface area contributed by atoms with Crippen LogP contribution in [-0.2, 0) is 10.8 Å². The highest BCUT2D eigenvalue weighted by Gasteiger charge is 2.14. The molecule has 1 atom stereocenters. The van der Waals surface area contributed by atoms with Crippen molar-refractivity contribution >= 4 is 44.8 Å². The molecule has 0 amide bonds. The lowest BCUT2D eigenvalue weighted by molar-refractivity contribution is 0.462. The number of nitrogens with one attached hydrogen (secondary N) is 4. The minimum Gasteiger partial charge on any atom is -0.384 e. The molecule has 4 N–H and O–H groups in total. The van der Waals surface area contributed by atoms with Crippen LogP contribution in [0.3, 0.4) is 0 Å². The van der Waals surface area contributed by atoms with E-state index in [1.165, 1.54) is 18.5 Å². The Morgan fingerprint density at radius 3 is 2.50 bits per heavy atom. The van der Waals surface area contributed by atoms with E-state index in [4.69, 9.17) is 11.6 Å². The number of halogens is 3. The molecule has 30 heavy (non-hydrogen) atoms. The van der Waals surface area contributed by atoms with Crippen molar-refractivity contribution < 1.29 is 13.0 Å². The quantitative estimate of drug-likeness (QED) is 0.274. The van der Waals surface area contributed by atoms with Gasteiger partial charge in [0.2, 0.25) is 5.13 Å². The molecule has 1 heterocycles. The van der Waals surface area contributed by atoms with Gasteiger partial charge in [-0.25, -0.2) is 13.8 Å². The van der Waals surface area contributed by atoms with Crippen molar-refractivity contribution in [1.29, 1.82) is 0 Å². The third kappa shape index (κ3) is 9.17. The Kier molecular flexibility index (Phi) is 12.1. The SMILES string of the molecule is O=S(CNc1ncns1)c1cc(Cl)c(NCCCCNCCCNCCF)cc1F.